The maximum Gasteiger partial charge on any atom is 0.335 e. The minimum absolute atomic E-state index is 0.290. The zero-order valence-electron chi connectivity index (χ0n) is 15.9. The molecule has 0 saturated carbocycles. The lowest BCUT2D eigenvalue weighted by Crippen LogP contribution is -2.60. The Bertz CT molecular complexity index is 918. The molecule has 0 amide bonds. The number of carboxylic acids is 1. The Labute approximate surface area is 171 Å². The van der Waals surface area contributed by atoms with Crippen LogP contribution < -0.4 is 0 Å². The van der Waals surface area contributed by atoms with Crippen LogP contribution in [-0.4, -0.2) is 63.1 Å². The Morgan fingerprint density at radius 2 is 1.70 bits per heavy atom. The predicted molar refractivity (Wildman–Crippen MR) is 101 cm³/mol. The first-order valence-electron chi connectivity index (χ1n) is 9.18. The second-order valence-electron chi connectivity index (χ2n) is 7.00. The first kappa shape index (κ1) is 21.8. The van der Waals surface area contributed by atoms with Crippen LogP contribution in [0.2, 0.25) is 0 Å². The molecule has 1 unspecified atom stereocenters. The molecule has 0 spiro atoms. The van der Waals surface area contributed by atoms with E-state index in [4.69, 9.17) is 14.6 Å². The number of aliphatic hydroxyl groups excluding tert-OH is 3. The van der Waals surface area contributed by atoms with Crippen LogP contribution in [0.15, 0.2) is 48.5 Å². The normalized spacial score (nSPS) is 27.3. The SMILES string of the molecule is CC(C(=O)O[C@H]1O[C@@H](C(=O)O)[C@H](O)[C@@H](O)[C@@H]1O)c1ccc(-c2ccccc2)c(F)c1. The molecule has 4 N–H and O–H groups in total. The van der Waals surface area contributed by atoms with Crippen molar-refractivity contribution < 1.29 is 43.9 Å². The van der Waals surface area contributed by atoms with Crippen LogP contribution in [0.5, 0.6) is 0 Å². The number of ether oxygens (including phenoxy) is 2. The van der Waals surface area contributed by atoms with Crippen LogP contribution in [-0.2, 0) is 19.1 Å². The van der Waals surface area contributed by atoms with Crippen molar-refractivity contribution >= 4 is 11.9 Å². The molecular weight excluding hydrogens is 399 g/mol. The van der Waals surface area contributed by atoms with Gasteiger partial charge in [-0.25, -0.2) is 9.18 Å². The number of rotatable bonds is 5. The molecule has 0 radical (unpaired) electrons. The van der Waals surface area contributed by atoms with Crippen LogP contribution in [0.4, 0.5) is 4.39 Å². The lowest BCUT2D eigenvalue weighted by atomic mass is 9.96. The topological polar surface area (TPSA) is 134 Å². The molecule has 6 atom stereocenters. The number of esters is 1. The van der Waals surface area contributed by atoms with Crippen LogP contribution in [0.1, 0.15) is 18.4 Å². The average Bonchev–Trinajstić information content (AvgIpc) is 2.73. The van der Waals surface area contributed by atoms with Gasteiger partial charge in [0.25, 0.3) is 0 Å². The predicted octanol–water partition coefficient (Wildman–Crippen LogP) is 1.03. The minimum atomic E-state index is -1.90. The van der Waals surface area contributed by atoms with Crippen molar-refractivity contribution in [3.05, 3.63) is 59.9 Å². The Balaban J connectivity index is 1.74. The third-order valence-corrected chi connectivity index (χ3v) is 4.98. The fourth-order valence-corrected chi connectivity index (χ4v) is 3.15. The standard InChI is InChI=1S/C21H21FO8/c1-10(12-7-8-13(14(22)9-12)11-5-3-2-4-6-11)20(28)30-21-17(25)15(23)16(24)18(29-21)19(26)27/h2-10,15-18,21,23-25H,1H3,(H,26,27)/t10?,15-,16-,17+,18-,21-/m1/s1. The highest BCUT2D eigenvalue weighted by Crippen LogP contribution is 2.28. The quantitative estimate of drug-likeness (QED) is 0.527. The zero-order chi connectivity index (χ0) is 22.0. The summed E-state index contributed by atoms with van der Waals surface area (Å²) >= 11 is 0. The molecule has 1 saturated heterocycles. The van der Waals surface area contributed by atoms with Crippen molar-refractivity contribution in [2.24, 2.45) is 0 Å². The summed E-state index contributed by atoms with van der Waals surface area (Å²) in [5.41, 5.74) is 1.31. The Kier molecular flexibility index (Phi) is 6.47. The van der Waals surface area contributed by atoms with Gasteiger partial charge in [0, 0.05) is 5.56 Å². The zero-order valence-corrected chi connectivity index (χ0v) is 15.9. The van der Waals surface area contributed by atoms with E-state index in [1.165, 1.54) is 19.1 Å². The van der Waals surface area contributed by atoms with E-state index in [0.717, 1.165) is 0 Å². The molecule has 0 aromatic heterocycles. The molecule has 2 aromatic carbocycles. The van der Waals surface area contributed by atoms with Gasteiger partial charge in [-0.2, -0.15) is 0 Å². The molecule has 2 aromatic rings. The third kappa shape index (κ3) is 4.34. The number of halogens is 1. The van der Waals surface area contributed by atoms with Gasteiger partial charge in [0.05, 0.1) is 5.92 Å². The summed E-state index contributed by atoms with van der Waals surface area (Å²) < 4.78 is 24.5. The highest BCUT2D eigenvalue weighted by Gasteiger charge is 2.48. The van der Waals surface area contributed by atoms with Crippen LogP contribution in [0.25, 0.3) is 11.1 Å². The van der Waals surface area contributed by atoms with Gasteiger partial charge < -0.3 is 29.9 Å². The molecule has 30 heavy (non-hydrogen) atoms. The molecule has 1 heterocycles. The largest absolute Gasteiger partial charge is 0.479 e. The number of aliphatic carboxylic acids is 1. The van der Waals surface area contributed by atoms with Crippen molar-refractivity contribution in [1.29, 1.82) is 0 Å². The number of carboxylic acid groups (broad SMARTS) is 1. The molecule has 1 aliphatic rings. The summed E-state index contributed by atoms with van der Waals surface area (Å²) in [5, 5.41) is 38.5. The molecule has 8 nitrogen and oxygen atoms in total. The van der Waals surface area contributed by atoms with E-state index in [0.29, 0.717) is 11.1 Å². The summed E-state index contributed by atoms with van der Waals surface area (Å²) in [4.78, 5) is 23.6. The van der Waals surface area contributed by atoms with E-state index in [1.807, 2.05) is 0 Å². The van der Waals surface area contributed by atoms with E-state index in [9.17, 15) is 29.3 Å². The highest BCUT2D eigenvalue weighted by molar-refractivity contribution is 5.78. The van der Waals surface area contributed by atoms with Crippen molar-refractivity contribution in [2.75, 3.05) is 0 Å². The van der Waals surface area contributed by atoms with Gasteiger partial charge in [-0.05, 0) is 24.1 Å². The number of carbonyl (C=O) groups excluding carboxylic acids is 1. The summed E-state index contributed by atoms with van der Waals surface area (Å²) in [6.45, 7) is 1.44. The van der Waals surface area contributed by atoms with E-state index >= 15 is 0 Å². The van der Waals surface area contributed by atoms with Gasteiger partial charge in [-0.15, -0.1) is 0 Å². The number of hydrogen-bond acceptors (Lipinski definition) is 7. The fourth-order valence-electron chi connectivity index (χ4n) is 3.15. The number of aliphatic hydroxyl groups is 3. The second-order valence-corrected chi connectivity index (χ2v) is 7.00. The number of benzene rings is 2. The van der Waals surface area contributed by atoms with Crippen LogP contribution in [0.3, 0.4) is 0 Å². The van der Waals surface area contributed by atoms with Crippen LogP contribution in [0, 0.1) is 5.82 Å². The highest BCUT2D eigenvalue weighted by atomic mass is 19.1. The molecular formula is C21H21FO8. The molecule has 9 heteroatoms. The Morgan fingerprint density at radius 3 is 2.30 bits per heavy atom. The summed E-state index contributed by atoms with van der Waals surface area (Å²) in [7, 11) is 0. The van der Waals surface area contributed by atoms with Gasteiger partial charge in [0.2, 0.25) is 6.29 Å². The molecule has 0 bridgehead atoms. The lowest BCUT2D eigenvalue weighted by molar-refractivity contribution is -0.286. The van der Waals surface area contributed by atoms with E-state index in [1.54, 1.807) is 36.4 Å². The van der Waals surface area contributed by atoms with E-state index in [2.05, 4.69) is 0 Å². The van der Waals surface area contributed by atoms with Gasteiger partial charge in [0.1, 0.15) is 24.1 Å². The number of carbonyl (C=O) groups is 2. The van der Waals surface area contributed by atoms with Gasteiger partial charge >= 0.3 is 11.9 Å². The van der Waals surface area contributed by atoms with Gasteiger partial charge in [0.15, 0.2) is 6.10 Å². The first-order chi connectivity index (χ1) is 14.2. The van der Waals surface area contributed by atoms with Crippen LogP contribution >= 0.6 is 0 Å². The van der Waals surface area contributed by atoms with E-state index in [-0.39, 0.29) is 5.56 Å². The summed E-state index contributed by atoms with van der Waals surface area (Å²) in [5.74, 6) is -4.05. The maximum absolute atomic E-state index is 14.6. The van der Waals surface area contributed by atoms with Crippen molar-refractivity contribution in [2.45, 2.75) is 43.5 Å². The Hall–Kier alpha value is -2.85. The average molecular weight is 420 g/mol. The molecule has 0 aliphatic carbocycles. The second kappa shape index (κ2) is 8.88. The maximum atomic E-state index is 14.6. The van der Waals surface area contributed by atoms with Gasteiger partial charge in [-0.1, -0.05) is 42.5 Å². The smallest absolute Gasteiger partial charge is 0.335 e. The van der Waals surface area contributed by atoms with Gasteiger partial charge in [-0.3, -0.25) is 4.79 Å². The minimum Gasteiger partial charge on any atom is -0.479 e. The molecule has 1 aliphatic heterocycles. The fraction of sp³-hybridized carbons (Fsp3) is 0.333. The molecule has 1 fully saturated rings. The Morgan fingerprint density at radius 1 is 1.03 bits per heavy atom. The van der Waals surface area contributed by atoms with Crippen molar-refractivity contribution in [3.8, 4) is 11.1 Å². The lowest BCUT2D eigenvalue weighted by Gasteiger charge is -2.38. The molecule has 160 valence electrons. The monoisotopic (exact) mass is 420 g/mol. The van der Waals surface area contributed by atoms with Crippen molar-refractivity contribution in [3.63, 3.8) is 0 Å². The van der Waals surface area contributed by atoms with E-state index < -0.39 is 54.4 Å². The summed E-state index contributed by atoms with van der Waals surface area (Å²) in [6.07, 6.45) is -9.35. The van der Waals surface area contributed by atoms with Crippen molar-refractivity contribution in [1.82, 2.24) is 0 Å². The molecule has 3 rings (SSSR count). The summed E-state index contributed by atoms with van der Waals surface area (Å²) in [6, 6.07) is 13.1. The third-order valence-electron chi connectivity index (χ3n) is 4.98. The first-order valence-corrected chi connectivity index (χ1v) is 9.18. The number of hydrogen-bond donors (Lipinski definition) is 4.